The summed E-state index contributed by atoms with van der Waals surface area (Å²) in [6, 6.07) is 20.3. The number of rotatable bonds is 8. The lowest BCUT2D eigenvalue weighted by Gasteiger charge is -2.35. The Bertz CT molecular complexity index is 1780. The van der Waals surface area contributed by atoms with Crippen LogP contribution in [0.1, 0.15) is 28.4 Å². The number of nitrogens with one attached hydrogen (secondary N) is 2. The number of amides is 1. The third-order valence-corrected chi connectivity index (χ3v) is 7.78. The first kappa shape index (κ1) is 28.1. The summed E-state index contributed by atoms with van der Waals surface area (Å²) in [6.07, 6.45) is 1.42. The Morgan fingerprint density at radius 2 is 1.81 bits per heavy atom. The second-order valence-corrected chi connectivity index (χ2v) is 10.6. The highest BCUT2D eigenvalue weighted by atomic mass is 19.1. The number of aryl methyl sites for hydroxylation is 1. The quantitative estimate of drug-likeness (QED) is 0.226. The van der Waals surface area contributed by atoms with Crippen molar-refractivity contribution in [1.29, 1.82) is 0 Å². The van der Waals surface area contributed by atoms with Gasteiger partial charge in [0.05, 0.1) is 11.0 Å². The number of fused-ring (bicyclic) bond motifs is 1. The summed E-state index contributed by atoms with van der Waals surface area (Å²) >= 11 is 0. The minimum Gasteiger partial charge on any atom is -0.384 e. The van der Waals surface area contributed by atoms with E-state index in [0.717, 1.165) is 60.7 Å². The smallest absolute Gasteiger partial charge is 0.255 e. The highest BCUT2D eigenvalue weighted by Crippen LogP contribution is 2.30. The molecular weight excluding hydrogens is 545 g/mol. The molecule has 0 radical (unpaired) electrons. The summed E-state index contributed by atoms with van der Waals surface area (Å²) in [5.41, 5.74) is 11.7. The fourth-order valence-corrected chi connectivity index (χ4v) is 5.37. The molecule has 11 heteroatoms. The zero-order valence-corrected chi connectivity index (χ0v) is 24.2. The van der Waals surface area contributed by atoms with Gasteiger partial charge in [-0.15, -0.1) is 0 Å². The molecule has 2 aromatic heterocycles. The first-order chi connectivity index (χ1) is 20.9. The average Bonchev–Trinajstić information content (AvgIpc) is 3.40. The number of halogens is 1. The Morgan fingerprint density at radius 1 is 1.00 bits per heavy atom. The zero-order valence-electron chi connectivity index (χ0n) is 24.2. The van der Waals surface area contributed by atoms with Gasteiger partial charge in [-0.1, -0.05) is 25.1 Å². The molecule has 0 saturated carbocycles. The van der Waals surface area contributed by atoms with Crippen molar-refractivity contribution >= 4 is 45.8 Å². The number of hydrogen-bond acceptors (Lipinski definition) is 8. The van der Waals surface area contributed by atoms with Gasteiger partial charge in [0.2, 0.25) is 5.95 Å². The van der Waals surface area contributed by atoms with E-state index < -0.39 is 6.67 Å². The molecule has 1 saturated heterocycles. The van der Waals surface area contributed by atoms with Gasteiger partial charge in [-0.3, -0.25) is 9.36 Å². The number of para-hydroxylation sites is 2. The van der Waals surface area contributed by atoms with E-state index in [-0.39, 0.29) is 5.91 Å². The number of aromatic nitrogens is 4. The topological polar surface area (TPSA) is 117 Å². The second kappa shape index (κ2) is 12.1. The Hall–Kier alpha value is -5.03. The molecule has 1 amide bonds. The van der Waals surface area contributed by atoms with Crippen LogP contribution in [-0.4, -0.2) is 63.0 Å². The van der Waals surface area contributed by atoms with Gasteiger partial charge in [-0.25, -0.2) is 19.3 Å². The van der Waals surface area contributed by atoms with Gasteiger partial charge in [0.1, 0.15) is 24.6 Å². The molecule has 6 rings (SSSR count). The number of carbonyl (C=O) groups is 1. The third-order valence-electron chi connectivity index (χ3n) is 7.78. The number of nitrogens with zero attached hydrogens (tertiary/aromatic N) is 6. The standard InChI is InChI=1S/C32H34FN9O/c1-3-40-10-12-41(13-11-40)25-15-22(19-33)14-23(16-25)31(43)37-24-9-8-21(2)27(17-24)39-32-38-26-6-4-5-7-28(26)42(32)30-18-29(34)35-20-36-30/h4-9,14-18,20H,3,10-13,19H2,1-2H3,(H,37,43)(H,38,39)(H2,34,35,36). The van der Waals surface area contributed by atoms with E-state index in [4.69, 9.17) is 10.7 Å². The Labute approximate surface area is 249 Å². The van der Waals surface area contributed by atoms with Crippen LogP contribution >= 0.6 is 0 Å². The van der Waals surface area contributed by atoms with Crippen LogP contribution in [-0.2, 0) is 6.67 Å². The average molecular weight is 580 g/mol. The first-order valence-electron chi connectivity index (χ1n) is 14.3. The summed E-state index contributed by atoms with van der Waals surface area (Å²) < 4.78 is 15.7. The lowest BCUT2D eigenvalue weighted by atomic mass is 10.1. The van der Waals surface area contributed by atoms with Crippen molar-refractivity contribution in [1.82, 2.24) is 24.4 Å². The molecule has 0 unspecified atom stereocenters. The van der Waals surface area contributed by atoms with E-state index >= 15 is 0 Å². The minimum atomic E-state index is -0.638. The van der Waals surface area contributed by atoms with E-state index in [9.17, 15) is 9.18 Å². The summed E-state index contributed by atoms with van der Waals surface area (Å²) in [7, 11) is 0. The van der Waals surface area contributed by atoms with Gasteiger partial charge in [0, 0.05) is 54.9 Å². The number of hydrogen-bond donors (Lipinski definition) is 3. The maximum absolute atomic E-state index is 13.8. The third kappa shape index (κ3) is 5.98. The molecule has 4 N–H and O–H groups in total. The molecule has 1 fully saturated rings. The van der Waals surface area contributed by atoms with Crippen molar-refractivity contribution in [3.63, 3.8) is 0 Å². The van der Waals surface area contributed by atoms with Crippen molar-refractivity contribution in [2.75, 3.05) is 54.0 Å². The summed E-state index contributed by atoms with van der Waals surface area (Å²) in [5.74, 6) is 1.15. The minimum absolute atomic E-state index is 0.303. The number of alkyl halides is 1. The fraction of sp³-hybridized carbons (Fsp3) is 0.250. The molecule has 220 valence electrons. The number of piperazine rings is 1. The van der Waals surface area contributed by atoms with E-state index in [0.29, 0.717) is 34.4 Å². The van der Waals surface area contributed by atoms with Crippen LogP contribution in [0.3, 0.4) is 0 Å². The molecule has 1 aliphatic heterocycles. The summed E-state index contributed by atoms with van der Waals surface area (Å²) in [6.45, 7) is 8.05. The van der Waals surface area contributed by atoms with Crippen molar-refractivity contribution in [3.05, 3.63) is 89.7 Å². The molecular formula is C32H34FN9O. The lowest BCUT2D eigenvalue weighted by Crippen LogP contribution is -2.46. The monoisotopic (exact) mass is 579 g/mol. The highest BCUT2D eigenvalue weighted by Gasteiger charge is 2.19. The molecule has 0 bridgehead atoms. The SMILES string of the molecule is CCN1CCN(c2cc(CF)cc(C(=O)Nc3ccc(C)c(Nc4nc5ccccc5n4-c4cc(N)ncn4)c3)c2)CC1. The predicted octanol–water partition coefficient (Wildman–Crippen LogP) is 5.31. The number of imidazole rings is 1. The molecule has 0 aliphatic carbocycles. The van der Waals surface area contributed by atoms with Crippen LogP contribution in [0.15, 0.2) is 73.1 Å². The zero-order chi connectivity index (χ0) is 29.9. The normalized spacial score (nSPS) is 13.8. The van der Waals surface area contributed by atoms with E-state index in [1.807, 2.05) is 66.1 Å². The number of likely N-dealkylation sites (N-methyl/N-ethyl adjacent to an activating group) is 1. The molecule has 0 atom stereocenters. The Balaban J connectivity index is 1.27. The van der Waals surface area contributed by atoms with Crippen LogP contribution in [0.4, 0.5) is 33.2 Å². The molecule has 3 aromatic carbocycles. The van der Waals surface area contributed by atoms with Gasteiger partial charge in [0.15, 0.2) is 0 Å². The van der Waals surface area contributed by atoms with Crippen LogP contribution in [0, 0.1) is 6.92 Å². The fourth-order valence-electron chi connectivity index (χ4n) is 5.37. The van der Waals surface area contributed by atoms with Crippen molar-refractivity contribution < 1.29 is 9.18 Å². The number of carbonyl (C=O) groups excluding carboxylic acids is 1. The lowest BCUT2D eigenvalue weighted by molar-refractivity contribution is 0.102. The molecule has 0 spiro atoms. The van der Waals surface area contributed by atoms with Gasteiger partial charge >= 0.3 is 0 Å². The maximum Gasteiger partial charge on any atom is 0.255 e. The molecule has 3 heterocycles. The molecule has 43 heavy (non-hydrogen) atoms. The molecule has 10 nitrogen and oxygen atoms in total. The van der Waals surface area contributed by atoms with Crippen molar-refractivity contribution in [2.45, 2.75) is 20.5 Å². The van der Waals surface area contributed by atoms with Gasteiger partial charge in [-0.05, 0) is 67.1 Å². The molecule has 5 aromatic rings. The van der Waals surface area contributed by atoms with Crippen LogP contribution in [0.5, 0.6) is 0 Å². The number of nitrogens with two attached hydrogens (primary N) is 1. The first-order valence-corrected chi connectivity index (χ1v) is 14.3. The second-order valence-electron chi connectivity index (χ2n) is 10.6. The number of anilines is 5. The largest absolute Gasteiger partial charge is 0.384 e. The van der Waals surface area contributed by atoms with Crippen LogP contribution < -0.4 is 21.3 Å². The maximum atomic E-state index is 13.8. The van der Waals surface area contributed by atoms with Gasteiger partial charge < -0.3 is 26.2 Å². The summed E-state index contributed by atoms with van der Waals surface area (Å²) in [5, 5.41) is 6.42. The van der Waals surface area contributed by atoms with Crippen molar-refractivity contribution in [3.8, 4) is 5.82 Å². The summed E-state index contributed by atoms with van der Waals surface area (Å²) in [4.78, 5) is 31.3. The van der Waals surface area contributed by atoms with E-state index in [1.165, 1.54) is 6.33 Å². The van der Waals surface area contributed by atoms with Crippen molar-refractivity contribution in [2.24, 2.45) is 0 Å². The Kier molecular flexibility index (Phi) is 7.89. The Morgan fingerprint density at radius 3 is 2.58 bits per heavy atom. The highest BCUT2D eigenvalue weighted by molar-refractivity contribution is 6.05. The van der Waals surface area contributed by atoms with Crippen LogP contribution in [0.25, 0.3) is 16.9 Å². The number of benzene rings is 3. The van der Waals surface area contributed by atoms with E-state index in [2.05, 4.69) is 37.3 Å². The molecule has 1 aliphatic rings. The van der Waals surface area contributed by atoms with Crippen LogP contribution in [0.2, 0.25) is 0 Å². The van der Waals surface area contributed by atoms with Gasteiger partial charge in [0.25, 0.3) is 5.91 Å². The predicted molar refractivity (Wildman–Crippen MR) is 169 cm³/mol. The van der Waals surface area contributed by atoms with E-state index in [1.54, 1.807) is 12.1 Å². The number of nitrogen functional groups attached to an aromatic ring is 1. The van der Waals surface area contributed by atoms with Gasteiger partial charge in [-0.2, -0.15) is 0 Å².